The van der Waals surface area contributed by atoms with Crippen LogP contribution in [0.4, 0.5) is 0 Å². The summed E-state index contributed by atoms with van der Waals surface area (Å²) in [5.41, 5.74) is -0.267. The van der Waals surface area contributed by atoms with Gasteiger partial charge in [0, 0.05) is 23.3 Å². The van der Waals surface area contributed by atoms with Gasteiger partial charge in [-0.15, -0.1) is 0 Å². The van der Waals surface area contributed by atoms with Crippen molar-refractivity contribution in [2.24, 2.45) is 0 Å². The van der Waals surface area contributed by atoms with Crippen LogP contribution in [-0.4, -0.2) is 40.3 Å². The number of pyridine rings is 1. The number of hydrogen-bond donors (Lipinski definition) is 2. The number of halogens is 1. The molecular weight excluding hydrogens is 344 g/mol. The largest absolute Gasteiger partial charge is 0.479 e. The average Bonchev–Trinajstić information content (AvgIpc) is 2.90. The number of nitrogens with one attached hydrogen (secondary N) is 1. The summed E-state index contributed by atoms with van der Waals surface area (Å²) >= 11 is 3.23. The molecule has 1 aromatic heterocycles. The molecule has 2 heterocycles. The highest BCUT2D eigenvalue weighted by atomic mass is 79.9. The molecule has 1 aliphatic rings. The van der Waals surface area contributed by atoms with Gasteiger partial charge in [0.15, 0.2) is 6.10 Å². The normalized spacial score (nSPS) is 21.2. The van der Waals surface area contributed by atoms with Crippen molar-refractivity contribution in [2.45, 2.75) is 31.6 Å². The SMILES string of the molecule is O=C(Cn1cc(Br)ccc1=O)NCC1CCC(C(=O)O)O1. The van der Waals surface area contributed by atoms with Crippen molar-refractivity contribution in [1.29, 1.82) is 0 Å². The van der Waals surface area contributed by atoms with Crippen molar-refractivity contribution in [3.63, 3.8) is 0 Å². The summed E-state index contributed by atoms with van der Waals surface area (Å²) in [5, 5.41) is 11.5. The molecule has 0 spiro atoms. The second-order valence-corrected chi connectivity index (χ2v) is 5.70. The Balaban J connectivity index is 1.82. The lowest BCUT2D eigenvalue weighted by Crippen LogP contribution is -2.36. The lowest BCUT2D eigenvalue weighted by Gasteiger charge is -2.13. The molecule has 0 aliphatic carbocycles. The maximum atomic E-state index is 11.8. The van der Waals surface area contributed by atoms with Gasteiger partial charge < -0.3 is 19.7 Å². The summed E-state index contributed by atoms with van der Waals surface area (Å²) in [6, 6.07) is 2.98. The first-order valence-electron chi connectivity index (χ1n) is 6.46. The molecule has 1 fully saturated rings. The molecule has 0 radical (unpaired) electrons. The number of carboxylic acids is 1. The Kier molecular flexibility index (Phi) is 5.13. The van der Waals surface area contributed by atoms with Gasteiger partial charge >= 0.3 is 5.97 Å². The smallest absolute Gasteiger partial charge is 0.332 e. The van der Waals surface area contributed by atoms with E-state index in [0.717, 1.165) is 0 Å². The predicted molar refractivity (Wildman–Crippen MR) is 76.9 cm³/mol. The van der Waals surface area contributed by atoms with Crippen LogP contribution >= 0.6 is 15.9 Å². The van der Waals surface area contributed by atoms with E-state index in [0.29, 0.717) is 17.3 Å². The first-order valence-corrected chi connectivity index (χ1v) is 7.26. The third-order valence-corrected chi connectivity index (χ3v) is 3.64. The summed E-state index contributed by atoms with van der Waals surface area (Å²) in [5.74, 6) is -1.30. The van der Waals surface area contributed by atoms with Crippen molar-refractivity contribution in [3.8, 4) is 0 Å². The van der Waals surface area contributed by atoms with E-state index in [1.807, 2.05) is 0 Å². The Morgan fingerprint density at radius 3 is 2.86 bits per heavy atom. The number of carbonyl (C=O) groups is 2. The van der Waals surface area contributed by atoms with E-state index in [9.17, 15) is 14.4 Å². The zero-order valence-electron chi connectivity index (χ0n) is 11.1. The second-order valence-electron chi connectivity index (χ2n) is 4.78. The van der Waals surface area contributed by atoms with Crippen LogP contribution in [0.2, 0.25) is 0 Å². The van der Waals surface area contributed by atoms with Gasteiger partial charge in [-0.1, -0.05) is 0 Å². The molecule has 7 nitrogen and oxygen atoms in total. The fourth-order valence-corrected chi connectivity index (χ4v) is 2.48. The number of rotatable bonds is 5. The van der Waals surface area contributed by atoms with Gasteiger partial charge in [-0.05, 0) is 34.8 Å². The summed E-state index contributed by atoms with van der Waals surface area (Å²) in [4.78, 5) is 34.1. The third kappa shape index (κ3) is 4.40. The molecule has 2 rings (SSSR count). The molecule has 0 aromatic carbocycles. The Bertz CT molecular complexity index is 600. The van der Waals surface area contributed by atoms with Crippen LogP contribution < -0.4 is 10.9 Å². The molecule has 2 atom stereocenters. The topological polar surface area (TPSA) is 97.6 Å². The van der Waals surface area contributed by atoms with Crippen LogP contribution in [0, 0.1) is 0 Å². The van der Waals surface area contributed by atoms with Crippen LogP contribution in [-0.2, 0) is 20.9 Å². The van der Waals surface area contributed by atoms with Crippen LogP contribution in [0.5, 0.6) is 0 Å². The summed E-state index contributed by atoms with van der Waals surface area (Å²) < 4.78 is 7.27. The molecule has 0 saturated carbocycles. The molecule has 1 amide bonds. The van der Waals surface area contributed by atoms with Crippen molar-refractivity contribution in [2.75, 3.05) is 6.54 Å². The molecule has 114 valence electrons. The first-order chi connectivity index (χ1) is 9.95. The maximum Gasteiger partial charge on any atom is 0.332 e. The standard InChI is InChI=1S/C13H15BrN2O5/c14-8-1-4-12(18)16(6-8)7-11(17)15-5-9-2-3-10(21-9)13(19)20/h1,4,6,9-10H,2-3,5,7H2,(H,15,17)(H,19,20). The van der Waals surface area contributed by atoms with Gasteiger partial charge in [0.25, 0.3) is 5.56 Å². The van der Waals surface area contributed by atoms with E-state index in [4.69, 9.17) is 9.84 Å². The van der Waals surface area contributed by atoms with Crippen LogP contribution in [0.1, 0.15) is 12.8 Å². The molecule has 0 bridgehead atoms. The third-order valence-electron chi connectivity index (χ3n) is 3.17. The second kappa shape index (κ2) is 6.86. The van der Waals surface area contributed by atoms with Crippen molar-refractivity contribution >= 4 is 27.8 Å². The van der Waals surface area contributed by atoms with E-state index in [1.165, 1.54) is 16.8 Å². The Labute approximate surface area is 129 Å². The zero-order chi connectivity index (χ0) is 15.4. The first kappa shape index (κ1) is 15.7. The number of ether oxygens (including phenoxy) is 1. The highest BCUT2D eigenvalue weighted by molar-refractivity contribution is 9.10. The summed E-state index contributed by atoms with van der Waals surface area (Å²) in [6.45, 7) is 0.152. The van der Waals surface area contributed by atoms with Crippen molar-refractivity contribution in [1.82, 2.24) is 9.88 Å². The van der Waals surface area contributed by atoms with Gasteiger partial charge in [0.2, 0.25) is 5.91 Å². The Morgan fingerprint density at radius 2 is 2.19 bits per heavy atom. The van der Waals surface area contributed by atoms with E-state index < -0.39 is 12.1 Å². The fourth-order valence-electron chi connectivity index (χ4n) is 2.10. The molecule has 1 saturated heterocycles. The quantitative estimate of drug-likeness (QED) is 0.791. The highest BCUT2D eigenvalue weighted by Crippen LogP contribution is 2.19. The molecule has 1 aromatic rings. The fraction of sp³-hybridized carbons (Fsp3) is 0.462. The van der Waals surface area contributed by atoms with Gasteiger partial charge in [0.05, 0.1) is 6.10 Å². The molecule has 21 heavy (non-hydrogen) atoms. The lowest BCUT2D eigenvalue weighted by atomic mass is 10.2. The van der Waals surface area contributed by atoms with E-state index in [1.54, 1.807) is 6.07 Å². The van der Waals surface area contributed by atoms with E-state index in [2.05, 4.69) is 21.2 Å². The number of amides is 1. The number of nitrogens with zero attached hydrogens (tertiary/aromatic N) is 1. The summed E-state index contributed by atoms with van der Waals surface area (Å²) in [6.07, 6.45) is 1.48. The number of carbonyl (C=O) groups excluding carboxylic acids is 1. The molecule has 2 N–H and O–H groups in total. The Hall–Kier alpha value is -1.67. The minimum Gasteiger partial charge on any atom is -0.479 e. The van der Waals surface area contributed by atoms with Gasteiger partial charge in [-0.3, -0.25) is 9.59 Å². The van der Waals surface area contributed by atoms with Gasteiger partial charge in [-0.25, -0.2) is 4.79 Å². The van der Waals surface area contributed by atoms with Crippen LogP contribution in [0.3, 0.4) is 0 Å². The number of carboxylic acid groups (broad SMARTS) is 1. The number of hydrogen-bond acceptors (Lipinski definition) is 4. The molecular formula is C13H15BrN2O5. The van der Waals surface area contributed by atoms with Crippen molar-refractivity contribution in [3.05, 3.63) is 33.2 Å². The molecule has 8 heteroatoms. The van der Waals surface area contributed by atoms with Crippen molar-refractivity contribution < 1.29 is 19.4 Å². The predicted octanol–water partition coefficient (Wildman–Crippen LogP) is 0.359. The monoisotopic (exact) mass is 358 g/mol. The van der Waals surface area contributed by atoms with Gasteiger partial charge in [-0.2, -0.15) is 0 Å². The summed E-state index contributed by atoms with van der Waals surface area (Å²) in [7, 11) is 0. The molecule has 1 aliphatic heterocycles. The zero-order valence-corrected chi connectivity index (χ0v) is 12.7. The Morgan fingerprint density at radius 1 is 1.43 bits per heavy atom. The van der Waals surface area contributed by atoms with Crippen LogP contribution in [0.25, 0.3) is 0 Å². The number of aromatic nitrogens is 1. The average molecular weight is 359 g/mol. The lowest BCUT2D eigenvalue weighted by molar-refractivity contribution is -0.149. The maximum absolute atomic E-state index is 11.8. The molecule has 2 unspecified atom stereocenters. The van der Waals surface area contributed by atoms with E-state index in [-0.39, 0.29) is 30.7 Å². The minimum absolute atomic E-state index is 0.0899. The van der Waals surface area contributed by atoms with E-state index >= 15 is 0 Å². The van der Waals surface area contributed by atoms with Gasteiger partial charge in [0.1, 0.15) is 6.54 Å². The minimum atomic E-state index is -0.982. The van der Waals surface area contributed by atoms with Crippen LogP contribution in [0.15, 0.2) is 27.6 Å². The number of aliphatic carboxylic acids is 1. The highest BCUT2D eigenvalue weighted by Gasteiger charge is 2.30.